The second kappa shape index (κ2) is 5.46. The van der Waals surface area contributed by atoms with E-state index in [0.29, 0.717) is 18.4 Å². The number of nitrogens with zero attached hydrogens (tertiary/aromatic N) is 1. The smallest absolute Gasteiger partial charge is 0.0462 e. The molecule has 2 nitrogen and oxygen atoms in total. The summed E-state index contributed by atoms with van der Waals surface area (Å²) in [5.74, 6) is 1.12. The Hall–Kier alpha value is -0.860. The fourth-order valence-corrected chi connectivity index (χ4v) is 2.54. The highest BCUT2D eigenvalue weighted by atomic mass is 16.3. The van der Waals surface area contributed by atoms with Gasteiger partial charge in [-0.3, -0.25) is 4.90 Å². The van der Waals surface area contributed by atoms with E-state index in [2.05, 4.69) is 42.2 Å². The average molecular weight is 219 g/mol. The predicted molar refractivity (Wildman–Crippen MR) is 66.1 cm³/mol. The van der Waals surface area contributed by atoms with Crippen molar-refractivity contribution in [3.05, 3.63) is 35.9 Å². The van der Waals surface area contributed by atoms with E-state index >= 15 is 0 Å². The molecule has 0 aliphatic carbocycles. The van der Waals surface area contributed by atoms with Crippen LogP contribution in [0, 0.1) is 11.8 Å². The lowest BCUT2D eigenvalue weighted by Crippen LogP contribution is -2.39. The van der Waals surface area contributed by atoms with E-state index in [9.17, 15) is 5.11 Å². The van der Waals surface area contributed by atoms with Crippen LogP contribution in [0.4, 0.5) is 0 Å². The van der Waals surface area contributed by atoms with Gasteiger partial charge in [0.05, 0.1) is 0 Å². The quantitative estimate of drug-likeness (QED) is 0.842. The number of hydrogen-bond acceptors (Lipinski definition) is 2. The number of likely N-dealkylation sites (tertiary alicyclic amines) is 1. The highest BCUT2D eigenvalue weighted by Crippen LogP contribution is 2.23. The van der Waals surface area contributed by atoms with Crippen molar-refractivity contribution >= 4 is 0 Å². The average Bonchev–Trinajstić information content (AvgIpc) is 2.31. The van der Waals surface area contributed by atoms with Crippen molar-refractivity contribution in [1.29, 1.82) is 0 Å². The molecule has 0 spiro atoms. The van der Waals surface area contributed by atoms with Crippen molar-refractivity contribution in [2.45, 2.75) is 19.9 Å². The van der Waals surface area contributed by atoms with E-state index in [1.54, 1.807) is 0 Å². The fraction of sp³-hybridized carbons (Fsp3) is 0.571. The highest BCUT2D eigenvalue weighted by Gasteiger charge is 2.25. The fourth-order valence-electron chi connectivity index (χ4n) is 2.54. The van der Waals surface area contributed by atoms with E-state index in [-0.39, 0.29) is 0 Å². The van der Waals surface area contributed by atoms with Gasteiger partial charge in [-0.15, -0.1) is 0 Å². The van der Waals surface area contributed by atoms with Crippen LogP contribution < -0.4 is 0 Å². The number of hydrogen-bond donors (Lipinski definition) is 1. The van der Waals surface area contributed by atoms with Gasteiger partial charge in [0.1, 0.15) is 0 Å². The largest absolute Gasteiger partial charge is 0.396 e. The summed E-state index contributed by atoms with van der Waals surface area (Å²) < 4.78 is 0. The van der Waals surface area contributed by atoms with Crippen molar-refractivity contribution in [2.24, 2.45) is 11.8 Å². The molecule has 16 heavy (non-hydrogen) atoms. The minimum Gasteiger partial charge on any atom is -0.396 e. The second-order valence-corrected chi connectivity index (χ2v) is 4.93. The van der Waals surface area contributed by atoms with Gasteiger partial charge in [0, 0.05) is 19.7 Å². The predicted octanol–water partition coefficient (Wildman–Crippen LogP) is 2.14. The lowest BCUT2D eigenvalue weighted by atomic mass is 9.87. The molecule has 1 aromatic rings. The van der Waals surface area contributed by atoms with Crippen LogP contribution in [-0.4, -0.2) is 29.7 Å². The second-order valence-electron chi connectivity index (χ2n) is 4.93. The first-order valence-electron chi connectivity index (χ1n) is 6.16. The molecule has 1 aliphatic rings. The Labute approximate surface area is 97.9 Å². The summed E-state index contributed by atoms with van der Waals surface area (Å²) in [7, 11) is 0. The standard InChI is InChI=1S/C14H21NO/c1-12-9-15(8-7-14(12)11-16)10-13-5-3-2-4-6-13/h2-6,12,14,16H,7-11H2,1H3. The van der Waals surface area contributed by atoms with E-state index in [1.807, 2.05) is 0 Å². The molecule has 2 unspecified atom stereocenters. The molecule has 0 radical (unpaired) electrons. The van der Waals surface area contributed by atoms with Gasteiger partial charge in [-0.2, -0.15) is 0 Å². The Bertz CT molecular complexity index is 312. The molecule has 1 aromatic carbocycles. The van der Waals surface area contributed by atoms with Crippen LogP contribution in [0.5, 0.6) is 0 Å². The number of benzene rings is 1. The summed E-state index contributed by atoms with van der Waals surface area (Å²) in [5, 5.41) is 9.22. The molecule has 0 saturated carbocycles. The van der Waals surface area contributed by atoms with Gasteiger partial charge in [0.25, 0.3) is 0 Å². The summed E-state index contributed by atoms with van der Waals surface area (Å²) >= 11 is 0. The number of aliphatic hydroxyl groups excluding tert-OH is 1. The molecule has 1 fully saturated rings. The van der Waals surface area contributed by atoms with Crippen molar-refractivity contribution in [3.63, 3.8) is 0 Å². The van der Waals surface area contributed by atoms with Crippen LogP contribution in [-0.2, 0) is 6.54 Å². The summed E-state index contributed by atoms with van der Waals surface area (Å²) in [5.41, 5.74) is 1.39. The third-order valence-electron chi connectivity index (χ3n) is 3.65. The SMILES string of the molecule is CC1CN(Cc2ccccc2)CCC1CO. The van der Waals surface area contributed by atoms with Crippen LogP contribution in [0.3, 0.4) is 0 Å². The zero-order valence-corrected chi connectivity index (χ0v) is 9.97. The van der Waals surface area contributed by atoms with Crippen LogP contribution >= 0.6 is 0 Å². The lowest BCUT2D eigenvalue weighted by Gasteiger charge is -2.36. The summed E-state index contributed by atoms with van der Waals surface area (Å²) in [6, 6.07) is 10.6. The van der Waals surface area contributed by atoms with Crippen LogP contribution in [0.25, 0.3) is 0 Å². The zero-order chi connectivity index (χ0) is 11.4. The first-order chi connectivity index (χ1) is 7.79. The van der Waals surface area contributed by atoms with Crippen molar-refractivity contribution < 1.29 is 5.11 Å². The molecule has 2 atom stereocenters. The topological polar surface area (TPSA) is 23.5 Å². The first-order valence-corrected chi connectivity index (χ1v) is 6.16. The Balaban J connectivity index is 1.89. The summed E-state index contributed by atoms with van der Waals surface area (Å²) in [6.07, 6.45) is 1.13. The molecule has 0 bridgehead atoms. The third kappa shape index (κ3) is 2.83. The maximum Gasteiger partial charge on any atom is 0.0462 e. The molecule has 1 N–H and O–H groups in total. The normalized spacial score (nSPS) is 26.9. The van der Waals surface area contributed by atoms with E-state index in [4.69, 9.17) is 0 Å². The third-order valence-corrected chi connectivity index (χ3v) is 3.65. The Morgan fingerprint density at radius 3 is 2.69 bits per heavy atom. The first kappa shape index (κ1) is 11.6. The maximum absolute atomic E-state index is 9.22. The minimum atomic E-state index is 0.348. The van der Waals surface area contributed by atoms with E-state index in [0.717, 1.165) is 26.1 Å². The van der Waals surface area contributed by atoms with Gasteiger partial charge in [-0.1, -0.05) is 37.3 Å². The van der Waals surface area contributed by atoms with Crippen molar-refractivity contribution in [1.82, 2.24) is 4.90 Å². The highest BCUT2D eigenvalue weighted by molar-refractivity contribution is 5.14. The van der Waals surface area contributed by atoms with E-state index < -0.39 is 0 Å². The minimum absolute atomic E-state index is 0.348. The van der Waals surface area contributed by atoms with Gasteiger partial charge in [-0.25, -0.2) is 0 Å². The Morgan fingerprint density at radius 1 is 1.31 bits per heavy atom. The Kier molecular flexibility index (Phi) is 3.97. The molecular formula is C14H21NO. The molecule has 88 valence electrons. The summed E-state index contributed by atoms with van der Waals surface area (Å²) in [6.45, 7) is 5.87. The van der Waals surface area contributed by atoms with Crippen LogP contribution in [0.15, 0.2) is 30.3 Å². The van der Waals surface area contributed by atoms with Gasteiger partial charge < -0.3 is 5.11 Å². The van der Waals surface area contributed by atoms with E-state index in [1.165, 1.54) is 5.56 Å². The van der Waals surface area contributed by atoms with Crippen molar-refractivity contribution in [3.8, 4) is 0 Å². The van der Waals surface area contributed by atoms with Gasteiger partial charge in [0.15, 0.2) is 0 Å². The van der Waals surface area contributed by atoms with Crippen LogP contribution in [0.2, 0.25) is 0 Å². The molecule has 1 aliphatic heterocycles. The van der Waals surface area contributed by atoms with Crippen LogP contribution in [0.1, 0.15) is 18.9 Å². The molecule has 2 heteroatoms. The lowest BCUT2D eigenvalue weighted by molar-refractivity contribution is 0.0804. The molecule has 1 heterocycles. The maximum atomic E-state index is 9.22. The monoisotopic (exact) mass is 219 g/mol. The summed E-state index contributed by atoms with van der Waals surface area (Å²) in [4.78, 5) is 2.49. The van der Waals surface area contributed by atoms with Gasteiger partial charge in [0.2, 0.25) is 0 Å². The van der Waals surface area contributed by atoms with Gasteiger partial charge >= 0.3 is 0 Å². The zero-order valence-electron chi connectivity index (χ0n) is 9.97. The number of piperidine rings is 1. The van der Waals surface area contributed by atoms with Gasteiger partial charge in [-0.05, 0) is 30.4 Å². The Morgan fingerprint density at radius 2 is 2.06 bits per heavy atom. The van der Waals surface area contributed by atoms with Crippen molar-refractivity contribution in [2.75, 3.05) is 19.7 Å². The number of rotatable bonds is 3. The number of aliphatic hydroxyl groups is 1. The molecule has 0 aromatic heterocycles. The molecule has 1 saturated heterocycles. The molecule has 2 rings (SSSR count). The molecular weight excluding hydrogens is 198 g/mol. The molecule has 0 amide bonds.